The van der Waals surface area contributed by atoms with Crippen molar-refractivity contribution >= 4 is 17.4 Å². The number of carbonyl (C=O) groups is 1. The number of aliphatic hydroxyl groups excluding tert-OH is 2. The van der Waals surface area contributed by atoms with Crippen molar-refractivity contribution in [1.82, 2.24) is 9.55 Å². The number of amides is 1. The fraction of sp³-hybridized carbons (Fsp3) is 0.389. The summed E-state index contributed by atoms with van der Waals surface area (Å²) in [6.45, 7) is 0.959. The van der Waals surface area contributed by atoms with Crippen LogP contribution in [0.4, 0.5) is 20.3 Å². The van der Waals surface area contributed by atoms with E-state index in [1.807, 2.05) is 0 Å². The summed E-state index contributed by atoms with van der Waals surface area (Å²) in [7, 11) is 0. The van der Waals surface area contributed by atoms with Gasteiger partial charge in [-0.15, -0.1) is 0 Å². The maximum Gasteiger partial charge on any atom is 0.351 e. The zero-order chi connectivity index (χ0) is 21.6. The lowest BCUT2D eigenvalue weighted by Gasteiger charge is -2.21. The monoisotopic (exact) mass is 424 g/mol. The fourth-order valence-electron chi connectivity index (χ4n) is 3.29. The number of hydrogen-bond acceptors (Lipinski definition) is 8. The van der Waals surface area contributed by atoms with Gasteiger partial charge < -0.3 is 30.3 Å². The van der Waals surface area contributed by atoms with E-state index in [4.69, 9.17) is 14.6 Å². The number of benzene rings is 1. The third-order valence-corrected chi connectivity index (χ3v) is 4.79. The van der Waals surface area contributed by atoms with Crippen molar-refractivity contribution in [2.75, 3.05) is 17.2 Å². The minimum atomic E-state index is -3.82. The summed E-state index contributed by atoms with van der Waals surface area (Å²) in [4.78, 5) is 28.3. The maximum atomic E-state index is 14.2. The van der Waals surface area contributed by atoms with Gasteiger partial charge in [0.15, 0.2) is 12.3 Å². The van der Waals surface area contributed by atoms with Crippen LogP contribution >= 0.6 is 0 Å². The van der Waals surface area contributed by atoms with Crippen LogP contribution in [0.1, 0.15) is 23.5 Å². The standard InChI is InChI=1S/C18H18F2N4O6/c1-8-21-10-6-9(2-3-11(10)29-8)15(27)22-13-4-5-24(17(28)23-13)16-18(19,20)14(26)12(7-25)30-16/h2-6,8,12,14,16,21,25-26H,7H2,1H3,(H,22,23,27,28)/t8?,12-,14-,16?/m1/s1. The van der Waals surface area contributed by atoms with Gasteiger partial charge in [0.1, 0.15) is 17.7 Å². The number of carbonyl (C=O) groups excluding carboxylic acids is 1. The van der Waals surface area contributed by atoms with Gasteiger partial charge in [0.25, 0.3) is 5.91 Å². The smallest absolute Gasteiger partial charge is 0.351 e. The minimum Gasteiger partial charge on any atom is -0.469 e. The molecule has 2 unspecified atom stereocenters. The summed E-state index contributed by atoms with van der Waals surface area (Å²) in [5, 5.41) is 24.1. The number of nitrogens with zero attached hydrogens (tertiary/aromatic N) is 2. The molecule has 1 amide bonds. The molecule has 30 heavy (non-hydrogen) atoms. The predicted molar refractivity (Wildman–Crippen MR) is 98.6 cm³/mol. The highest BCUT2D eigenvalue weighted by Crippen LogP contribution is 2.42. The molecule has 1 saturated heterocycles. The number of aromatic nitrogens is 2. The lowest BCUT2D eigenvalue weighted by Crippen LogP contribution is -2.41. The Morgan fingerprint density at radius 3 is 2.83 bits per heavy atom. The van der Waals surface area contributed by atoms with Gasteiger partial charge in [0.05, 0.1) is 12.3 Å². The van der Waals surface area contributed by atoms with E-state index in [0.717, 1.165) is 12.3 Å². The first-order chi connectivity index (χ1) is 14.2. The van der Waals surface area contributed by atoms with Crippen LogP contribution in [0.2, 0.25) is 0 Å². The van der Waals surface area contributed by atoms with E-state index in [2.05, 4.69) is 15.6 Å². The SMILES string of the molecule is CC1Nc2cc(C(=O)Nc3ccn(C4O[C@H](CO)[C@@H](O)C4(F)F)c(=O)n3)ccc2O1. The number of fused-ring (bicyclic) bond motifs is 1. The van der Waals surface area contributed by atoms with Crippen molar-refractivity contribution in [3.05, 3.63) is 46.5 Å². The summed E-state index contributed by atoms with van der Waals surface area (Å²) in [5.41, 5.74) is -0.221. The summed E-state index contributed by atoms with van der Waals surface area (Å²) in [6, 6.07) is 5.86. The van der Waals surface area contributed by atoms with Crippen LogP contribution in [0, 0.1) is 0 Å². The van der Waals surface area contributed by atoms with E-state index in [-0.39, 0.29) is 17.6 Å². The summed E-state index contributed by atoms with van der Waals surface area (Å²) in [5.74, 6) is -3.94. The van der Waals surface area contributed by atoms with Gasteiger partial charge in [-0.2, -0.15) is 13.8 Å². The molecule has 1 fully saturated rings. The maximum absolute atomic E-state index is 14.2. The molecule has 1 aromatic heterocycles. The van der Waals surface area contributed by atoms with Crippen LogP contribution in [0.25, 0.3) is 0 Å². The number of aliphatic hydroxyl groups is 2. The third-order valence-electron chi connectivity index (χ3n) is 4.79. The number of halogens is 2. The number of ether oxygens (including phenoxy) is 2. The Morgan fingerprint density at radius 1 is 1.40 bits per heavy atom. The topological polar surface area (TPSA) is 135 Å². The Kier molecular flexibility index (Phi) is 4.92. The Balaban J connectivity index is 1.52. The zero-order valence-corrected chi connectivity index (χ0v) is 15.6. The lowest BCUT2D eigenvalue weighted by atomic mass is 10.1. The molecule has 2 aliphatic rings. The highest BCUT2D eigenvalue weighted by Gasteiger charge is 2.59. The Labute approximate surface area is 168 Å². The highest BCUT2D eigenvalue weighted by atomic mass is 19.3. The third kappa shape index (κ3) is 3.38. The zero-order valence-electron chi connectivity index (χ0n) is 15.6. The summed E-state index contributed by atoms with van der Waals surface area (Å²) < 4.78 is 39.3. The average molecular weight is 424 g/mol. The van der Waals surface area contributed by atoms with Gasteiger partial charge >= 0.3 is 11.6 Å². The molecular formula is C18H18F2N4O6. The second-order valence-corrected chi connectivity index (χ2v) is 6.90. The van der Waals surface area contributed by atoms with Gasteiger partial charge in [-0.25, -0.2) is 4.79 Å². The van der Waals surface area contributed by atoms with Crippen molar-refractivity contribution in [3.8, 4) is 5.75 Å². The van der Waals surface area contributed by atoms with Crippen LogP contribution in [0.3, 0.4) is 0 Å². The van der Waals surface area contributed by atoms with Gasteiger partial charge in [-0.3, -0.25) is 9.36 Å². The molecule has 0 bridgehead atoms. The van der Waals surface area contributed by atoms with E-state index in [1.165, 1.54) is 6.07 Å². The molecule has 0 radical (unpaired) electrons. The van der Waals surface area contributed by atoms with E-state index in [0.29, 0.717) is 16.0 Å². The van der Waals surface area contributed by atoms with Crippen molar-refractivity contribution < 1.29 is 33.3 Å². The Bertz CT molecular complexity index is 1050. The van der Waals surface area contributed by atoms with Gasteiger partial charge in [-0.05, 0) is 31.2 Å². The van der Waals surface area contributed by atoms with Crippen LogP contribution in [-0.4, -0.2) is 56.6 Å². The molecule has 12 heteroatoms. The number of rotatable bonds is 4. The van der Waals surface area contributed by atoms with E-state index >= 15 is 0 Å². The van der Waals surface area contributed by atoms with E-state index < -0.39 is 42.6 Å². The van der Waals surface area contributed by atoms with Crippen molar-refractivity contribution in [2.45, 2.75) is 37.5 Å². The summed E-state index contributed by atoms with van der Waals surface area (Å²) >= 11 is 0. The predicted octanol–water partition coefficient (Wildman–Crippen LogP) is 0.532. The molecular weight excluding hydrogens is 406 g/mol. The number of nitrogens with one attached hydrogen (secondary N) is 2. The average Bonchev–Trinajstić information content (AvgIpc) is 3.18. The van der Waals surface area contributed by atoms with E-state index in [1.54, 1.807) is 19.1 Å². The van der Waals surface area contributed by atoms with Crippen molar-refractivity contribution in [2.24, 2.45) is 0 Å². The Morgan fingerprint density at radius 2 is 2.17 bits per heavy atom. The van der Waals surface area contributed by atoms with Gasteiger partial charge in [0, 0.05) is 11.8 Å². The second-order valence-electron chi connectivity index (χ2n) is 6.90. The molecule has 2 aromatic rings. The molecule has 0 aliphatic carbocycles. The molecule has 1 aromatic carbocycles. The van der Waals surface area contributed by atoms with Crippen molar-refractivity contribution in [3.63, 3.8) is 0 Å². The molecule has 4 N–H and O–H groups in total. The quantitative estimate of drug-likeness (QED) is 0.558. The highest BCUT2D eigenvalue weighted by molar-refractivity contribution is 6.04. The number of alkyl halides is 2. The normalized spacial score (nSPS) is 26.6. The first-order valence-corrected chi connectivity index (χ1v) is 9.00. The molecule has 0 spiro atoms. The first kappa shape index (κ1) is 20.2. The van der Waals surface area contributed by atoms with E-state index in [9.17, 15) is 23.5 Å². The molecule has 4 atom stereocenters. The Hall–Kier alpha value is -3.09. The summed E-state index contributed by atoms with van der Waals surface area (Å²) in [6.07, 6.45) is -5.22. The van der Waals surface area contributed by atoms with Crippen LogP contribution in [-0.2, 0) is 4.74 Å². The molecule has 3 heterocycles. The number of anilines is 2. The second kappa shape index (κ2) is 7.31. The fourth-order valence-corrected chi connectivity index (χ4v) is 3.29. The molecule has 2 aliphatic heterocycles. The minimum absolute atomic E-state index is 0.153. The van der Waals surface area contributed by atoms with Crippen molar-refractivity contribution in [1.29, 1.82) is 0 Å². The van der Waals surface area contributed by atoms with Crippen LogP contribution in [0.5, 0.6) is 5.75 Å². The van der Waals surface area contributed by atoms with Crippen LogP contribution < -0.4 is 21.1 Å². The molecule has 4 rings (SSSR count). The first-order valence-electron chi connectivity index (χ1n) is 9.00. The largest absolute Gasteiger partial charge is 0.469 e. The molecule has 0 saturated carbocycles. The molecule has 10 nitrogen and oxygen atoms in total. The van der Waals surface area contributed by atoms with Gasteiger partial charge in [-0.1, -0.05) is 0 Å². The molecule has 160 valence electrons. The number of hydrogen-bond donors (Lipinski definition) is 4. The van der Waals surface area contributed by atoms with Crippen LogP contribution in [0.15, 0.2) is 35.3 Å². The lowest BCUT2D eigenvalue weighted by molar-refractivity contribution is -0.140. The van der Waals surface area contributed by atoms with Gasteiger partial charge in [0.2, 0.25) is 6.23 Å².